The fourth-order valence-corrected chi connectivity index (χ4v) is 4.12. The molecule has 0 aliphatic carbocycles. The molecule has 0 aromatic heterocycles. The molecule has 1 atom stereocenters. The van der Waals surface area contributed by atoms with E-state index >= 15 is 0 Å². The highest BCUT2D eigenvalue weighted by Crippen LogP contribution is 2.24. The lowest BCUT2D eigenvalue weighted by molar-refractivity contribution is 0.0559. The van der Waals surface area contributed by atoms with Crippen molar-refractivity contribution in [3.63, 3.8) is 0 Å². The normalized spacial score (nSPS) is 18.1. The second-order valence-corrected chi connectivity index (χ2v) is 8.89. The van der Waals surface area contributed by atoms with Gasteiger partial charge in [0.05, 0.1) is 11.6 Å². The number of fused-ring (bicyclic) bond motifs is 1. The maximum Gasteiger partial charge on any atom is 0.257 e. The molecule has 2 amide bonds. The van der Waals surface area contributed by atoms with E-state index in [1.807, 2.05) is 67.4 Å². The highest BCUT2D eigenvalue weighted by atomic mass is 16.5. The molecule has 2 aromatic rings. The molecule has 0 spiro atoms. The molecule has 1 heterocycles. The minimum absolute atomic E-state index is 0.0238. The van der Waals surface area contributed by atoms with E-state index in [2.05, 4.69) is 13.8 Å². The van der Waals surface area contributed by atoms with Gasteiger partial charge in [-0.25, -0.2) is 0 Å². The number of amides is 2. The van der Waals surface area contributed by atoms with Crippen LogP contribution in [0.2, 0.25) is 0 Å². The number of carbonyl (C=O) groups excluding carboxylic acids is 2. The van der Waals surface area contributed by atoms with E-state index < -0.39 is 0 Å². The molecule has 0 unspecified atom stereocenters. The number of benzene rings is 2. The molecule has 1 aliphatic heterocycles. The number of carbonyl (C=O) groups is 2. The summed E-state index contributed by atoms with van der Waals surface area (Å²) in [5.41, 5.74) is 2.37. The van der Waals surface area contributed by atoms with Crippen molar-refractivity contribution >= 4 is 11.8 Å². The summed E-state index contributed by atoms with van der Waals surface area (Å²) in [6.45, 7) is 8.00. The van der Waals surface area contributed by atoms with Crippen LogP contribution in [0.25, 0.3) is 0 Å². The van der Waals surface area contributed by atoms with E-state index in [1.165, 1.54) is 0 Å². The molecule has 2 aromatic carbocycles. The second-order valence-electron chi connectivity index (χ2n) is 8.89. The topological polar surface area (TPSA) is 49.9 Å². The van der Waals surface area contributed by atoms with Gasteiger partial charge in [-0.05, 0) is 56.4 Å². The van der Waals surface area contributed by atoms with Gasteiger partial charge in [-0.15, -0.1) is 0 Å². The van der Waals surface area contributed by atoms with Gasteiger partial charge in [-0.1, -0.05) is 43.7 Å². The summed E-state index contributed by atoms with van der Waals surface area (Å²) in [6.07, 6.45) is 2.52. The van der Waals surface area contributed by atoms with Gasteiger partial charge in [0.25, 0.3) is 11.8 Å². The van der Waals surface area contributed by atoms with Crippen molar-refractivity contribution in [1.29, 1.82) is 0 Å². The van der Waals surface area contributed by atoms with Gasteiger partial charge in [0.15, 0.2) is 0 Å². The predicted molar refractivity (Wildman–Crippen MR) is 124 cm³/mol. The average Bonchev–Trinajstić information content (AvgIpc) is 2.75. The molecule has 5 nitrogen and oxygen atoms in total. The zero-order valence-electron chi connectivity index (χ0n) is 19.1. The van der Waals surface area contributed by atoms with Gasteiger partial charge in [-0.3, -0.25) is 9.59 Å². The first-order valence-corrected chi connectivity index (χ1v) is 11.2. The van der Waals surface area contributed by atoms with Crippen LogP contribution < -0.4 is 4.74 Å². The Morgan fingerprint density at radius 2 is 1.84 bits per heavy atom. The Morgan fingerprint density at radius 3 is 2.58 bits per heavy atom. The van der Waals surface area contributed by atoms with Crippen molar-refractivity contribution in [1.82, 2.24) is 9.80 Å². The van der Waals surface area contributed by atoms with Crippen LogP contribution in [0.15, 0.2) is 48.5 Å². The van der Waals surface area contributed by atoms with Crippen molar-refractivity contribution in [3.8, 4) is 5.75 Å². The summed E-state index contributed by atoms with van der Waals surface area (Å²) in [5, 5.41) is 0. The van der Waals surface area contributed by atoms with Crippen LogP contribution in [0.3, 0.4) is 0 Å². The maximum absolute atomic E-state index is 13.5. The van der Waals surface area contributed by atoms with Crippen LogP contribution in [0.5, 0.6) is 5.75 Å². The maximum atomic E-state index is 13.5. The molecule has 3 rings (SSSR count). The lowest BCUT2D eigenvalue weighted by Gasteiger charge is -2.34. The fraction of sp³-hybridized carbons (Fsp3) is 0.462. The summed E-state index contributed by atoms with van der Waals surface area (Å²) in [4.78, 5) is 30.1. The van der Waals surface area contributed by atoms with Crippen LogP contribution in [-0.4, -0.2) is 54.4 Å². The molecular weight excluding hydrogens is 388 g/mol. The molecule has 166 valence electrons. The van der Waals surface area contributed by atoms with Crippen molar-refractivity contribution < 1.29 is 14.3 Å². The van der Waals surface area contributed by atoms with Crippen LogP contribution >= 0.6 is 0 Å². The standard InChI is InChI=1S/C26H34N2O3/c1-19(2)16-22-18-31-24-13-6-5-12-23(24)26(30)27(4)14-7-8-15-28(22)25(29)21-11-9-10-20(3)17-21/h5-6,9-13,17,19,22H,7-8,14-16,18H2,1-4H3/t22-/m0/s1. The molecular formula is C26H34N2O3. The Labute approximate surface area is 186 Å². The third-order valence-corrected chi connectivity index (χ3v) is 5.75. The summed E-state index contributed by atoms with van der Waals surface area (Å²) in [7, 11) is 1.82. The largest absolute Gasteiger partial charge is 0.491 e. The molecule has 5 heteroatoms. The molecule has 0 saturated heterocycles. The van der Waals surface area contributed by atoms with Crippen LogP contribution in [0.4, 0.5) is 0 Å². The zero-order valence-corrected chi connectivity index (χ0v) is 19.1. The van der Waals surface area contributed by atoms with Gasteiger partial charge < -0.3 is 14.5 Å². The molecule has 0 fully saturated rings. The van der Waals surface area contributed by atoms with Gasteiger partial charge in [0.2, 0.25) is 0 Å². The third-order valence-electron chi connectivity index (χ3n) is 5.75. The molecule has 0 saturated carbocycles. The Kier molecular flexibility index (Phi) is 7.72. The second kappa shape index (κ2) is 10.5. The number of hydrogen-bond donors (Lipinski definition) is 0. The first-order chi connectivity index (χ1) is 14.9. The third kappa shape index (κ3) is 5.87. The van der Waals surface area contributed by atoms with Crippen LogP contribution in [0, 0.1) is 12.8 Å². The van der Waals surface area contributed by atoms with Crippen molar-refractivity contribution in [3.05, 3.63) is 65.2 Å². The highest BCUT2D eigenvalue weighted by molar-refractivity contribution is 5.97. The lowest BCUT2D eigenvalue weighted by atomic mass is 10.0. The van der Waals surface area contributed by atoms with Gasteiger partial charge in [0, 0.05) is 25.7 Å². The van der Waals surface area contributed by atoms with Gasteiger partial charge in [-0.2, -0.15) is 0 Å². The van der Waals surface area contributed by atoms with E-state index in [1.54, 1.807) is 4.90 Å². The fourth-order valence-electron chi connectivity index (χ4n) is 4.12. The van der Waals surface area contributed by atoms with Gasteiger partial charge >= 0.3 is 0 Å². The Balaban J connectivity index is 1.94. The van der Waals surface area contributed by atoms with E-state index in [-0.39, 0.29) is 17.9 Å². The highest BCUT2D eigenvalue weighted by Gasteiger charge is 2.27. The van der Waals surface area contributed by atoms with Crippen molar-refractivity contribution in [2.75, 3.05) is 26.7 Å². The number of ether oxygens (including phenoxy) is 1. The Bertz CT molecular complexity index is 909. The number of para-hydroxylation sites is 1. The average molecular weight is 423 g/mol. The van der Waals surface area contributed by atoms with Crippen LogP contribution in [0.1, 0.15) is 59.4 Å². The van der Waals surface area contributed by atoms with Crippen LogP contribution in [-0.2, 0) is 0 Å². The van der Waals surface area contributed by atoms with Crippen molar-refractivity contribution in [2.45, 2.75) is 46.1 Å². The molecule has 0 bridgehead atoms. The molecule has 0 N–H and O–H groups in total. The Morgan fingerprint density at radius 1 is 1.10 bits per heavy atom. The lowest BCUT2D eigenvalue weighted by Crippen LogP contribution is -2.45. The van der Waals surface area contributed by atoms with Gasteiger partial charge in [0.1, 0.15) is 12.4 Å². The molecule has 0 radical (unpaired) electrons. The van der Waals surface area contributed by atoms with Crippen molar-refractivity contribution in [2.24, 2.45) is 5.92 Å². The predicted octanol–water partition coefficient (Wildman–Crippen LogP) is 4.80. The molecule has 1 aliphatic rings. The SMILES string of the molecule is Cc1cccc(C(=O)N2CCCCN(C)C(=O)c3ccccc3OC[C@@H]2CC(C)C)c1. The minimum Gasteiger partial charge on any atom is -0.491 e. The number of nitrogens with zero attached hydrogens (tertiary/aromatic N) is 2. The number of aryl methyl sites for hydroxylation is 1. The molecule has 31 heavy (non-hydrogen) atoms. The minimum atomic E-state index is -0.0617. The first kappa shape index (κ1) is 22.9. The summed E-state index contributed by atoms with van der Waals surface area (Å²) >= 11 is 0. The van der Waals surface area contributed by atoms with E-state index in [0.29, 0.717) is 42.5 Å². The zero-order chi connectivity index (χ0) is 22.4. The first-order valence-electron chi connectivity index (χ1n) is 11.2. The van der Waals surface area contributed by atoms with E-state index in [0.717, 1.165) is 24.8 Å². The summed E-state index contributed by atoms with van der Waals surface area (Å²) in [6, 6.07) is 15.1. The number of hydrogen-bond acceptors (Lipinski definition) is 3. The number of rotatable bonds is 3. The summed E-state index contributed by atoms with van der Waals surface area (Å²) in [5.74, 6) is 1.02. The monoisotopic (exact) mass is 422 g/mol. The summed E-state index contributed by atoms with van der Waals surface area (Å²) < 4.78 is 6.19. The Hall–Kier alpha value is -2.82. The smallest absolute Gasteiger partial charge is 0.257 e. The van der Waals surface area contributed by atoms with E-state index in [9.17, 15) is 9.59 Å². The quantitative estimate of drug-likeness (QED) is 0.714. The van der Waals surface area contributed by atoms with E-state index in [4.69, 9.17) is 4.74 Å².